The Kier molecular flexibility index (Phi) is 5.63. The Balaban J connectivity index is 1.48. The van der Waals surface area contributed by atoms with Crippen LogP contribution in [0.5, 0.6) is 0 Å². The zero-order valence-electron chi connectivity index (χ0n) is 19.2. The maximum atomic E-state index is 13.9. The first-order chi connectivity index (χ1) is 14.0. The van der Waals surface area contributed by atoms with Gasteiger partial charge in [-0.05, 0) is 104 Å². The van der Waals surface area contributed by atoms with Gasteiger partial charge in [0.2, 0.25) is 0 Å². The Bertz CT molecular complexity index is 716. The number of aliphatic hydroxyl groups is 1. The molecule has 8 atom stereocenters. The maximum Gasteiger partial charge on any atom is 0.304 e. The second-order valence-electron chi connectivity index (χ2n) is 11.8. The van der Waals surface area contributed by atoms with Crippen LogP contribution < -0.4 is 0 Å². The van der Waals surface area contributed by atoms with Crippen molar-refractivity contribution in [1.82, 2.24) is 0 Å². The minimum atomic E-state index is -3.17. The normalized spacial score (nSPS) is 44.5. The number of hydrogen-bond acceptors (Lipinski definition) is 2. The molecular formula is C26H40F2O2. The second-order valence-corrected chi connectivity index (χ2v) is 11.8. The molecule has 0 heterocycles. The van der Waals surface area contributed by atoms with Gasteiger partial charge in [-0.1, -0.05) is 20.8 Å². The van der Waals surface area contributed by atoms with E-state index in [4.69, 9.17) is 0 Å². The van der Waals surface area contributed by atoms with E-state index in [9.17, 15) is 18.7 Å². The predicted octanol–water partition coefficient (Wildman–Crippen LogP) is 7.34. The molecule has 3 fully saturated rings. The topological polar surface area (TPSA) is 37.3 Å². The molecule has 0 aromatic heterocycles. The molecule has 1 unspecified atom stereocenters. The lowest BCUT2D eigenvalue weighted by molar-refractivity contribution is -0.142. The third kappa shape index (κ3) is 3.45. The lowest BCUT2D eigenvalue weighted by atomic mass is 9.45. The fourth-order valence-corrected chi connectivity index (χ4v) is 8.62. The van der Waals surface area contributed by atoms with E-state index < -0.39 is 11.7 Å². The van der Waals surface area contributed by atoms with Crippen LogP contribution >= 0.6 is 0 Å². The molecule has 3 saturated carbocycles. The quantitative estimate of drug-likeness (QED) is 0.503. The lowest BCUT2D eigenvalue weighted by Gasteiger charge is -2.60. The molecule has 4 aliphatic carbocycles. The first-order valence-electron chi connectivity index (χ1n) is 12.3. The largest absolute Gasteiger partial charge is 0.513 e. The van der Waals surface area contributed by atoms with Crippen molar-refractivity contribution in [2.45, 2.75) is 97.8 Å². The van der Waals surface area contributed by atoms with Crippen LogP contribution in [0.3, 0.4) is 0 Å². The number of alkyl halides is 2. The first-order valence-corrected chi connectivity index (χ1v) is 12.3. The Labute approximate surface area is 180 Å². The summed E-state index contributed by atoms with van der Waals surface area (Å²) in [6, 6.07) is 0. The van der Waals surface area contributed by atoms with E-state index in [1.54, 1.807) is 0 Å². The standard InChI is InChI=1S/C26H40F2O2/c1-16(9-14-26(27,28)17(2)29)21-7-8-22-20-6-5-18-15-19(30)10-12-24(18,3)23(20)11-13-25(21,22)4/h10,16,18,20-23,30H,5-9,11-15H2,1-4H3/t16-,18?,20+,21-,22+,23+,24+,25-/m1/s1. The first kappa shape index (κ1) is 22.3. The number of carbonyl (C=O) groups excluding carboxylic acids is 1. The number of hydrogen-bond donors (Lipinski definition) is 1. The zero-order chi connectivity index (χ0) is 21.9. The number of allylic oxidation sites excluding steroid dienone is 2. The minimum absolute atomic E-state index is 0.239. The fraction of sp³-hybridized carbons (Fsp3) is 0.885. The Morgan fingerprint density at radius 1 is 1.17 bits per heavy atom. The van der Waals surface area contributed by atoms with Gasteiger partial charge in [0.05, 0.1) is 5.76 Å². The average molecular weight is 423 g/mol. The van der Waals surface area contributed by atoms with Crippen LogP contribution in [0.1, 0.15) is 91.9 Å². The molecule has 4 aliphatic rings. The van der Waals surface area contributed by atoms with E-state index in [1.807, 2.05) is 0 Å². The molecule has 0 aromatic rings. The Morgan fingerprint density at radius 3 is 2.57 bits per heavy atom. The molecule has 4 heteroatoms. The summed E-state index contributed by atoms with van der Waals surface area (Å²) in [5, 5.41) is 10.1. The van der Waals surface area contributed by atoms with Crippen LogP contribution in [-0.4, -0.2) is 16.8 Å². The van der Waals surface area contributed by atoms with Crippen LogP contribution in [0.2, 0.25) is 0 Å². The van der Waals surface area contributed by atoms with Crippen LogP contribution in [-0.2, 0) is 4.79 Å². The van der Waals surface area contributed by atoms with Crippen molar-refractivity contribution in [3.63, 3.8) is 0 Å². The van der Waals surface area contributed by atoms with Gasteiger partial charge >= 0.3 is 5.92 Å². The van der Waals surface area contributed by atoms with Crippen molar-refractivity contribution in [2.75, 3.05) is 0 Å². The smallest absolute Gasteiger partial charge is 0.304 e. The molecule has 0 bridgehead atoms. The molecule has 0 saturated heterocycles. The van der Waals surface area contributed by atoms with Crippen LogP contribution in [0, 0.1) is 46.3 Å². The van der Waals surface area contributed by atoms with E-state index in [-0.39, 0.29) is 17.8 Å². The number of carbonyl (C=O) groups is 1. The molecule has 4 rings (SSSR count). The lowest BCUT2D eigenvalue weighted by Crippen LogP contribution is -2.52. The molecule has 0 radical (unpaired) electrons. The van der Waals surface area contributed by atoms with Gasteiger partial charge in [-0.15, -0.1) is 0 Å². The number of Topliss-reactive ketones (excluding diaryl/α,β-unsaturated/α-hetero) is 1. The third-order valence-electron chi connectivity index (χ3n) is 10.5. The summed E-state index contributed by atoms with van der Waals surface area (Å²) in [5.41, 5.74) is 0.561. The van der Waals surface area contributed by atoms with E-state index in [1.165, 1.54) is 32.1 Å². The summed E-state index contributed by atoms with van der Waals surface area (Å²) < 4.78 is 27.8. The molecule has 2 nitrogen and oxygen atoms in total. The van der Waals surface area contributed by atoms with Crippen molar-refractivity contribution < 1.29 is 18.7 Å². The molecule has 30 heavy (non-hydrogen) atoms. The van der Waals surface area contributed by atoms with Gasteiger partial charge < -0.3 is 5.11 Å². The van der Waals surface area contributed by atoms with Crippen LogP contribution in [0.15, 0.2) is 11.8 Å². The highest BCUT2D eigenvalue weighted by Crippen LogP contribution is 2.68. The fourth-order valence-electron chi connectivity index (χ4n) is 8.62. The monoisotopic (exact) mass is 422 g/mol. The van der Waals surface area contributed by atoms with Crippen molar-refractivity contribution in [2.24, 2.45) is 46.3 Å². The van der Waals surface area contributed by atoms with E-state index >= 15 is 0 Å². The maximum absolute atomic E-state index is 13.9. The molecule has 0 aromatic carbocycles. The van der Waals surface area contributed by atoms with Crippen LogP contribution in [0.25, 0.3) is 0 Å². The average Bonchev–Trinajstić information content (AvgIpc) is 3.04. The number of fused-ring (bicyclic) bond motifs is 5. The van der Waals surface area contributed by atoms with E-state index in [0.29, 0.717) is 35.3 Å². The summed E-state index contributed by atoms with van der Waals surface area (Å²) in [7, 11) is 0. The molecule has 0 spiro atoms. The summed E-state index contributed by atoms with van der Waals surface area (Å²) in [6.45, 7) is 8.08. The van der Waals surface area contributed by atoms with Crippen molar-refractivity contribution in [1.29, 1.82) is 0 Å². The highest BCUT2D eigenvalue weighted by atomic mass is 19.3. The number of aliphatic hydroxyl groups excluding tert-OH is 1. The van der Waals surface area contributed by atoms with Gasteiger partial charge in [-0.2, -0.15) is 8.78 Å². The van der Waals surface area contributed by atoms with Gasteiger partial charge in [-0.25, -0.2) is 0 Å². The van der Waals surface area contributed by atoms with Crippen LogP contribution in [0.4, 0.5) is 8.78 Å². The number of rotatable bonds is 5. The number of halogens is 2. The van der Waals surface area contributed by atoms with E-state index in [0.717, 1.165) is 38.0 Å². The number of ketones is 1. The SMILES string of the molecule is CC(=O)C(F)(F)CC[C@@H](C)[C@H]1CC[C@H]2[C@@H]3CCC4CC(O)=CC[C@]4(C)[C@H]3CC[C@]12C. The molecule has 1 N–H and O–H groups in total. The van der Waals surface area contributed by atoms with Crippen molar-refractivity contribution >= 4 is 5.78 Å². The molecular weight excluding hydrogens is 382 g/mol. The molecule has 170 valence electrons. The summed E-state index contributed by atoms with van der Waals surface area (Å²) in [5.74, 6) is -0.0541. The summed E-state index contributed by atoms with van der Waals surface area (Å²) in [4.78, 5) is 11.2. The van der Waals surface area contributed by atoms with Gasteiger partial charge in [-0.3, -0.25) is 4.79 Å². The van der Waals surface area contributed by atoms with Gasteiger partial charge in [0.1, 0.15) is 0 Å². The zero-order valence-corrected chi connectivity index (χ0v) is 19.2. The minimum Gasteiger partial charge on any atom is -0.513 e. The molecule has 0 aliphatic heterocycles. The summed E-state index contributed by atoms with van der Waals surface area (Å²) >= 11 is 0. The van der Waals surface area contributed by atoms with Crippen molar-refractivity contribution in [3.05, 3.63) is 11.8 Å². The summed E-state index contributed by atoms with van der Waals surface area (Å²) in [6.07, 6.45) is 11.4. The highest BCUT2D eigenvalue weighted by molar-refractivity contribution is 5.82. The Hall–Kier alpha value is -0.930. The highest BCUT2D eigenvalue weighted by Gasteiger charge is 2.60. The van der Waals surface area contributed by atoms with Gasteiger partial charge in [0.15, 0.2) is 5.78 Å². The van der Waals surface area contributed by atoms with Crippen molar-refractivity contribution in [3.8, 4) is 0 Å². The van der Waals surface area contributed by atoms with Gasteiger partial charge in [0.25, 0.3) is 0 Å². The Morgan fingerprint density at radius 2 is 1.87 bits per heavy atom. The second kappa shape index (κ2) is 7.59. The predicted molar refractivity (Wildman–Crippen MR) is 115 cm³/mol. The van der Waals surface area contributed by atoms with Gasteiger partial charge in [0, 0.05) is 19.8 Å². The third-order valence-corrected chi connectivity index (χ3v) is 10.5. The molecule has 0 amide bonds. The van der Waals surface area contributed by atoms with E-state index in [2.05, 4.69) is 26.8 Å².